The number of hydrogen-bond acceptors (Lipinski definition) is 4. The Bertz CT molecular complexity index is 971. The van der Waals surface area contributed by atoms with Crippen LogP contribution in [-0.2, 0) is 0 Å². The van der Waals surface area contributed by atoms with Crippen LogP contribution in [0, 0.1) is 20.8 Å². The van der Waals surface area contributed by atoms with E-state index in [2.05, 4.69) is 15.5 Å². The largest absolute Gasteiger partial charge is 0.478 e. The summed E-state index contributed by atoms with van der Waals surface area (Å²) in [6.45, 7) is 5.49. The standard InChI is InChI=1S/C19H18N4O3/c1-11-4-6-14(7-5-11)18(24)20-16-8-15(19(25)26)9-17(10-16)23-12(2)21-22-13(23)3/h4-10H,1-3H3,(H,20,24)(H,25,26). The topological polar surface area (TPSA) is 97.1 Å². The maximum Gasteiger partial charge on any atom is 0.335 e. The molecule has 0 spiro atoms. The number of carbonyl (C=O) groups excluding carboxylic acids is 1. The lowest BCUT2D eigenvalue weighted by Crippen LogP contribution is -2.13. The SMILES string of the molecule is Cc1ccc(C(=O)Nc2cc(C(=O)O)cc(-n3c(C)nnc3C)c2)cc1. The zero-order chi connectivity index (χ0) is 18.8. The summed E-state index contributed by atoms with van der Waals surface area (Å²) in [4.78, 5) is 23.9. The summed E-state index contributed by atoms with van der Waals surface area (Å²) in [6.07, 6.45) is 0. The van der Waals surface area contributed by atoms with E-state index in [1.807, 2.05) is 19.1 Å². The zero-order valence-corrected chi connectivity index (χ0v) is 14.6. The van der Waals surface area contributed by atoms with Crippen LogP contribution in [0.15, 0.2) is 42.5 Å². The summed E-state index contributed by atoms with van der Waals surface area (Å²) in [7, 11) is 0. The van der Waals surface area contributed by atoms with Gasteiger partial charge in [-0.05, 0) is 51.1 Å². The Labute approximate surface area is 150 Å². The van der Waals surface area contributed by atoms with Crippen LogP contribution in [0.1, 0.15) is 37.9 Å². The smallest absolute Gasteiger partial charge is 0.335 e. The lowest BCUT2D eigenvalue weighted by Gasteiger charge is -2.12. The third-order valence-electron chi connectivity index (χ3n) is 3.98. The van der Waals surface area contributed by atoms with Crippen molar-refractivity contribution in [3.05, 3.63) is 70.8 Å². The fourth-order valence-electron chi connectivity index (χ4n) is 2.69. The van der Waals surface area contributed by atoms with Gasteiger partial charge in [0, 0.05) is 11.3 Å². The van der Waals surface area contributed by atoms with Crippen molar-refractivity contribution in [1.29, 1.82) is 0 Å². The van der Waals surface area contributed by atoms with E-state index in [1.165, 1.54) is 12.1 Å². The van der Waals surface area contributed by atoms with Gasteiger partial charge in [-0.25, -0.2) is 4.79 Å². The first-order valence-electron chi connectivity index (χ1n) is 8.00. The van der Waals surface area contributed by atoms with Crippen molar-refractivity contribution in [3.8, 4) is 5.69 Å². The van der Waals surface area contributed by atoms with Crippen molar-refractivity contribution in [2.45, 2.75) is 20.8 Å². The molecule has 3 rings (SSSR count). The molecule has 1 amide bonds. The zero-order valence-electron chi connectivity index (χ0n) is 14.6. The maximum atomic E-state index is 12.4. The van der Waals surface area contributed by atoms with Crippen molar-refractivity contribution in [2.24, 2.45) is 0 Å². The molecule has 0 unspecified atom stereocenters. The predicted octanol–water partition coefficient (Wildman–Crippen LogP) is 3.14. The Morgan fingerprint density at radius 2 is 1.54 bits per heavy atom. The number of nitrogens with one attached hydrogen (secondary N) is 1. The molecule has 0 radical (unpaired) electrons. The third-order valence-corrected chi connectivity index (χ3v) is 3.98. The average molecular weight is 350 g/mol. The highest BCUT2D eigenvalue weighted by atomic mass is 16.4. The van der Waals surface area contributed by atoms with Gasteiger partial charge in [0.15, 0.2) is 0 Å². The van der Waals surface area contributed by atoms with E-state index in [-0.39, 0.29) is 11.5 Å². The van der Waals surface area contributed by atoms with E-state index >= 15 is 0 Å². The molecule has 3 aromatic rings. The van der Waals surface area contributed by atoms with Gasteiger partial charge in [-0.15, -0.1) is 10.2 Å². The van der Waals surface area contributed by atoms with Gasteiger partial charge in [0.05, 0.1) is 11.3 Å². The Hall–Kier alpha value is -3.48. The van der Waals surface area contributed by atoms with Gasteiger partial charge < -0.3 is 10.4 Å². The molecule has 26 heavy (non-hydrogen) atoms. The second-order valence-corrected chi connectivity index (χ2v) is 6.02. The second-order valence-electron chi connectivity index (χ2n) is 6.02. The molecule has 132 valence electrons. The lowest BCUT2D eigenvalue weighted by atomic mass is 10.1. The minimum Gasteiger partial charge on any atom is -0.478 e. The quantitative estimate of drug-likeness (QED) is 0.753. The first-order valence-corrected chi connectivity index (χ1v) is 8.00. The van der Waals surface area contributed by atoms with Crippen molar-refractivity contribution >= 4 is 17.6 Å². The molecular formula is C19H18N4O3. The van der Waals surface area contributed by atoms with Crippen LogP contribution in [-0.4, -0.2) is 31.7 Å². The highest BCUT2D eigenvalue weighted by Crippen LogP contribution is 2.21. The molecule has 0 aliphatic rings. The van der Waals surface area contributed by atoms with Crippen molar-refractivity contribution in [3.63, 3.8) is 0 Å². The van der Waals surface area contributed by atoms with E-state index in [0.717, 1.165) is 5.56 Å². The molecule has 0 saturated carbocycles. The van der Waals surface area contributed by atoms with Crippen LogP contribution in [0.5, 0.6) is 0 Å². The number of aromatic carboxylic acids is 1. The number of carboxylic acids is 1. The number of anilines is 1. The Morgan fingerprint density at radius 1 is 0.923 bits per heavy atom. The molecular weight excluding hydrogens is 332 g/mol. The monoisotopic (exact) mass is 350 g/mol. The maximum absolute atomic E-state index is 12.4. The average Bonchev–Trinajstić information content (AvgIpc) is 2.93. The van der Waals surface area contributed by atoms with E-state index in [0.29, 0.717) is 28.6 Å². The Morgan fingerprint density at radius 3 is 2.12 bits per heavy atom. The van der Waals surface area contributed by atoms with E-state index in [9.17, 15) is 14.7 Å². The summed E-state index contributed by atoms with van der Waals surface area (Å²) in [6, 6.07) is 11.8. The summed E-state index contributed by atoms with van der Waals surface area (Å²) in [5.41, 5.74) is 2.57. The Balaban J connectivity index is 2.00. The van der Waals surface area contributed by atoms with Gasteiger partial charge in [-0.3, -0.25) is 9.36 Å². The summed E-state index contributed by atoms with van der Waals surface area (Å²) >= 11 is 0. The molecule has 7 heteroatoms. The predicted molar refractivity (Wildman–Crippen MR) is 96.9 cm³/mol. The van der Waals surface area contributed by atoms with Crippen LogP contribution in [0.3, 0.4) is 0 Å². The highest BCUT2D eigenvalue weighted by Gasteiger charge is 2.14. The molecule has 0 aliphatic heterocycles. The van der Waals surface area contributed by atoms with Gasteiger partial charge >= 0.3 is 5.97 Å². The minimum absolute atomic E-state index is 0.0641. The first kappa shape index (κ1) is 17.3. The molecule has 0 bridgehead atoms. The lowest BCUT2D eigenvalue weighted by molar-refractivity contribution is 0.0696. The number of carbonyl (C=O) groups is 2. The molecule has 0 saturated heterocycles. The summed E-state index contributed by atoms with van der Waals surface area (Å²) in [5.74, 6) is -0.140. The number of rotatable bonds is 4. The van der Waals surface area contributed by atoms with Crippen molar-refractivity contribution in [2.75, 3.05) is 5.32 Å². The van der Waals surface area contributed by atoms with Gasteiger partial charge in [0.2, 0.25) is 0 Å². The van der Waals surface area contributed by atoms with Crippen LogP contribution >= 0.6 is 0 Å². The molecule has 0 fully saturated rings. The fraction of sp³-hybridized carbons (Fsp3) is 0.158. The van der Waals surface area contributed by atoms with E-state index in [1.54, 1.807) is 36.6 Å². The molecule has 0 atom stereocenters. The number of carboxylic acid groups (broad SMARTS) is 1. The van der Waals surface area contributed by atoms with E-state index in [4.69, 9.17) is 0 Å². The van der Waals surface area contributed by atoms with Crippen LogP contribution < -0.4 is 5.32 Å². The normalized spacial score (nSPS) is 10.6. The van der Waals surface area contributed by atoms with Gasteiger partial charge in [0.25, 0.3) is 5.91 Å². The van der Waals surface area contributed by atoms with Crippen molar-refractivity contribution in [1.82, 2.24) is 14.8 Å². The summed E-state index contributed by atoms with van der Waals surface area (Å²) < 4.78 is 1.73. The minimum atomic E-state index is -1.08. The van der Waals surface area contributed by atoms with Crippen LogP contribution in [0.2, 0.25) is 0 Å². The number of aromatic nitrogens is 3. The van der Waals surface area contributed by atoms with Gasteiger partial charge in [0.1, 0.15) is 11.6 Å². The van der Waals surface area contributed by atoms with Crippen molar-refractivity contribution < 1.29 is 14.7 Å². The highest BCUT2D eigenvalue weighted by molar-refractivity contribution is 6.05. The molecule has 0 aliphatic carbocycles. The number of hydrogen-bond donors (Lipinski definition) is 2. The Kier molecular flexibility index (Phi) is 4.53. The number of aryl methyl sites for hydroxylation is 3. The second kappa shape index (κ2) is 6.79. The molecule has 2 aromatic carbocycles. The number of amides is 1. The molecule has 7 nitrogen and oxygen atoms in total. The fourth-order valence-corrected chi connectivity index (χ4v) is 2.69. The third kappa shape index (κ3) is 3.46. The molecule has 2 N–H and O–H groups in total. The first-order chi connectivity index (χ1) is 12.3. The van der Waals surface area contributed by atoms with Crippen LogP contribution in [0.4, 0.5) is 5.69 Å². The van der Waals surface area contributed by atoms with Gasteiger partial charge in [-0.1, -0.05) is 17.7 Å². The number of nitrogens with zero attached hydrogens (tertiary/aromatic N) is 3. The number of benzene rings is 2. The van der Waals surface area contributed by atoms with Crippen LogP contribution in [0.25, 0.3) is 5.69 Å². The summed E-state index contributed by atoms with van der Waals surface area (Å²) in [5, 5.41) is 20.1. The van der Waals surface area contributed by atoms with Gasteiger partial charge in [-0.2, -0.15) is 0 Å². The molecule has 1 aromatic heterocycles. The molecule has 1 heterocycles. The van der Waals surface area contributed by atoms with E-state index < -0.39 is 5.97 Å².